The Balaban J connectivity index is 1.57. The second-order valence-corrected chi connectivity index (χ2v) is 7.96. The van der Waals surface area contributed by atoms with Crippen molar-refractivity contribution in [3.05, 3.63) is 49.8 Å². The number of carbonyl (C=O) groups excluding carboxylic acids is 2. The van der Waals surface area contributed by atoms with Crippen LogP contribution >= 0.6 is 11.3 Å². The Morgan fingerprint density at radius 2 is 2.25 bits per heavy atom. The molecule has 0 aliphatic carbocycles. The SMILES string of the molecule is COCC(=O)N1CCC[C@@H]1c1nc2c(c(=O)[nH]1)CN(C(=O)c1cccs1)CC2. The number of fused-ring (bicyclic) bond motifs is 1. The van der Waals surface area contributed by atoms with Crippen LogP contribution in [0.2, 0.25) is 0 Å². The van der Waals surface area contributed by atoms with E-state index in [2.05, 4.69) is 9.97 Å². The number of nitrogens with zero attached hydrogens (tertiary/aromatic N) is 3. The summed E-state index contributed by atoms with van der Waals surface area (Å²) in [6.45, 7) is 1.44. The first-order chi connectivity index (χ1) is 13.6. The zero-order chi connectivity index (χ0) is 19.7. The van der Waals surface area contributed by atoms with Gasteiger partial charge in [0.25, 0.3) is 11.5 Å². The fraction of sp³-hybridized carbons (Fsp3) is 0.474. The molecule has 1 atom stereocenters. The topological polar surface area (TPSA) is 95.6 Å². The summed E-state index contributed by atoms with van der Waals surface area (Å²) in [7, 11) is 1.49. The van der Waals surface area contributed by atoms with Crippen molar-refractivity contribution in [2.24, 2.45) is 0 Å². The number of hydrogen-bond donors (Lipinski definition) is 1. The fourth-order valence-electron chi connectivity index (χ4n) is 3.89. The van der Waals surface area contributed by atoms with Gasteiger partial charge in [-0.1, -0.05) is 6.07 Å². The number of amides is 2. The van der Waals surface area contributed by atoms with E-state index in [0.717, 1.165) is 18.5 Å². The van der Waals surface area contributed by atoms with Gasteiger partial charge >= 0.3 is 0 Å². The maximum atomic E-state index is 12.7. The zero-order valence-corrected chi connectivity index (χ0v) is 16.5. The third kappa shape index (κ3) is 3.47. The summed E-state index contributed by atoms with van der Waals surface area (Å²) >= 11 is 1.40. The molecule has 0 saturated carbocycles. The van der Waals surface area contributed by atoms with Crippen molar-refractivity contribution < 1.29 is 14.3 Å². The average Bonchev–Trinajstić information content (AvgIpc) is 3.39. The van der Waals surface area contributed by atoms with Crippen LogP contribution in [0.1, 0.15) is 45.6 Å². The lowest BCUT2D eigenvalue weighted by molar-refractivity contribution is -0.136. The van der Waals surface area contributed by atoms with Crippen LogP contribution in [0.15, 0.2) is 22.3 Å². The molecule has 28 heavy (non-hydrogen) atoms. The van der Waals surface area contributed by atoms with Crippen LogP contribution in [0.5, 0.6) is 0 Å². The zero-order valence-electron chi connectivity index (χ0n) is 15.6. The van der Waals surface area contributed by atoms with Crippen molar-refractivity contribution in [1.29, 1.82) is 0 Å². The van der Waals surface area contributed by atoms with Gasteiger partial charge in [0, 0.05) is 26.6 Å². The molecule has 2 aromatic heterocycles. The number of hydrogen-bond acceptors (Lipinski definition) is 6. The molecule has 8 nitrogen and oxygen atoms in total. The van der Waals surface area contributed by atoms with Crippen LogP contribution < -0.4 is 5.56 Å². The molecule has 9 heteroatoms. The Bertz CT molecular complexity index is 940. The van der Waals surface area contributed by atoms with Crippen LogP contribution in [-0.2, 0) is 22.5 Å². The molecule has 0 bridgehead atoms. The van der Waals surface area contributed by atoms with Gasteiger partial charge in [0.15, 0.2) is 0 Å². The number of thiophene rings is 1. The van der Waals surface area contributed by atoms with Gasteiger partial charge in [-0.05, 0) is 24.3 Å². The summed E-state index contributed by atoms with van der Waals surface area (Å²) in [6.07, 6.45) is 2.16. The summed E-state index contributed by atoms with van der Waals surface area (Å²) in [5, 5.41) is 1.87. The maximum Gasteiger partial charge on any atom is 0.264 e. The Morgan fingerprint density at radius 3 is 3.00 bits per heavy atom. The van der Waals surface area contributed by atoms with E-state index in [0.29, 0.717) is 35.8 Å². The van der Waals surface area contributed by atoms with Crippen molar-refractivity contribution >= 4 is 23.2 Å². The van der Waals surface area contributed by atoms with Crippen molar-refractivity contribution in [2.45, 2.75) is 31.8 Å². The van der Waals surface area contributed by atoms with Crippen LogP contribution in [0.3, 0.4) is 0 Å². The van der Waals surface area contributed by atoms with Crippen molar-refractivity contribution in [2.75, 3.05) is 26.8 Å². The molecule has 1 fully saturated rings. The van der Waals surface area contributed by atoms with E-state index in [-0.39, 0.29) is 36.6 Å². The molecule has 0 aromatic carbocycles. The molecule has 1 saturated heterocycles. The smallest absolute Gasteiger partial charge is 0.264 e. The van der Waals surface area contributed by atoms with E-state index in [1.54, 1.807) is 15.9 Å². The molecular formula is C19H22N4O4S. The van der Waals surface area contributed by atoms with E-state index >= 15 is 0 Å². The molecule has 2 amide bonds. The number of carbonyl (C=O) groups is 2. The molecule has 2 aliphatic heterocycles. The lowest BCUT2D eigenvalue weighted by Gasteiger charge is -2.29. The first kappa shape index (κ1) is 18.8. The van der Waals surface area contributed by atoms with Gasteiger partial charge in [0.2, 0.25) is 5.91 Å². The molecule has 4 rings (SSSR count). The lowest BCUT2D eigenvalue weighted by atomic mass is 10.1. The summed E-state index contributed by atoms with van der Waals surface area (Å²) in [5.74, 6) is 0.373. The minimum Gasteiger partial charge on any atom is -0.375 e. The number of H-pyrrole nitrogens is 1. The largest absolute Gasteiger partial charge is 0.375 e. The molecule has 0 spiro atoms. The quantitative estimate of drug-likeness (QED) is 0.833. The van der Waals surface area contributed by atoms with Crippen molar-refractivity contribution in [3.63, 3.8) is 0 Å². The third-order valence-corrected chi connectivity index (χ3v) is 6.12. The first-order valence-corrected chi connectivity index (χ1v) is 10.2. The number of aromatic amines is 1. The molecule has 1 N–H and O–H groups in total. The Morgan fingerprint density at radius 1 is 1.39 bits per heavy atom. The Kier molecular flexibility index (Phi) is 5.27. The molecule has 4 heterocycles. The highest BCUT2D eigenvalue weighted by Crippen LogP contribution is 2.30. The van der Waals surface area contributed by atoms with Gasteiger partial charge in [-0.3, -0.25) is 14.4 Å². The van der Waals surface area contributed by atoms with E-state index in [1.165, 1.54) is 18.4 Å². The highest BCUT2D eigenvalue weighted by Gasteiger charge is 2.33. The highest BCUT2D eigenvalue weighted by molar-refractivity contribution is 7.12. The van der Waals surface area contributed by atoms with Crippen LogP contribution in [0.4, 0.5) is 0 Å². The van der Waals surface area contributed by atoms with Gasteiger partial charge in [-0.15, -0.1) is 11.3 Å². The summed E-state index contributed by atoms with van der Waals surface area (Å²) in [5.41, 5.74) is 1.03. The van der Waals surface area contributed by atoms with E-state index in [4.69, 9.17) is 4.74 Å². The second kappa shape index (κ2) is 7.84. The van der Waals surface area contributed by atoms with Crippen LogP contribution in [0, 0.1) is 0 Å². The predicted octanol–water partition coefficient (Wildman–Crippen LogP) is 1.34. The summed E-state index contributed by atoms with van der Waals surface area (Å²) < 4.78 is 4.96. The molecule has 2 aliphatic rings. The second-order valence-electron chi connectivity index (χ2n) is 7.01. The number of nitrogens with one attached hydrogen (secondary N) is 1. The number of likely N-dealkylation sites (tertiary alicyclic amines) is 1. The minimum atomic E-state index is -0.230. The fourth-order valence-corrected chi connectivity index (χ4v) is 4.58. The minimum absolute atomic E-state index is 0.0193. The molecule has 0 unspecified atom stereocenters. The van der Waals surface area contributed by atoms with Gasteiger partial charge in [-0.2, -0.15) is 0 Å². The number of rotatable bonds is 4. The predicted molar refractivity (Wildman–Crippen MR) is 103 cm³/mol. The monoisotopic (exact) mass is 402 g/mol. The number of ether oxygens (including phenoxy) is 1. The van der Waals surface area contributed by atoms with Gasteiger partial charge in [0.1, 0.15) is 12.4 Å². The molecule has 0 radical (unpaired) electrons. The van der Waals surface area contributed by atoms with Crippen LogP contribution in [-0.4, -0.2) is 58.4 Å². The average molecular weight is 402 g/mol. The highest BCUT2D eigenvalue weighted by atomic mass is 32.1. The van der Waals surface area contributed by atoms with E-state index in [9.17, 15) is 14.4 Å². The molecular weight excluding hydrogens is 380 g/mol. The third-order valence-electron chi connectivity index (χ3n) is 5.26. The maximum absolute atomic E-state index is 12.7. The molecule has 2 aromatic rings. The van der Waals surface area contributed by atoms with Gasteiger partial charge < -0.3 is 19.5 Å². The standard InChI is InChI=1S/C19H22N4O4S/c1-27-11-16(24)23-7-2-4-14(23)17-20-13-6-8-22(10-12(13)18(25)21-17)19(26)15-5-3-9-28-15/h3,5,9,14H,2,4,6-8,10-11H2,1H3,(H,20,21,25)/t14-/m1/s1. The summed E-state index contributed by atoms with van der Waals surface area (Å²) in [4.78, 5) is 49.2. The van der Waals surface area contributed by atoms with Crippen LogP contribution in [0.25, 0.3) is 0 Å². The lowest BCUT2D eigenvalue weighted by Crippen LogP contribution is -2.40. The van der Waals surface area contributed by atoms with Crippen molar-refractivity contribution in [3.8, 4) is 0 Å². The van der Waals surface area contributed by atoms with E-state index in [1.807, 2.05) is 11.4 Å². The van der Waals surface area contributed by atoms with Gasteiger partial charge in [-0.25, -0.2) is 4.98 Å². The molecule has 148 valence electrons. The first-order valence-electron chi connectivity index (χ1n) is 9.31. The Labute approximate surface area is 166 Å². The summed E-state index contributed by atoms with van der Waals surface area (Å²) in [6, 6.07) is 3.40. The van der Waals surface area contributed by atoms with Crippen molar-refractivity contribution in [1.82, 2.24) is 19.8 Å². The number of aromatic nitrogens is 2. The van der Waals surface area contributed by atoms with Gasteiger partial charge in [0.05, 0.1) is 28.7 Å². The number of methoxy groups -OCH3 is 1. The van der Waals surface area contributed by atoms with E-state index < -0.39 is 0 Å². The normalized spacial score (nSPS) is 19.0. The Hall–Kier alpha value is -2.52.